The smallest absolute Gasteiger partial charge is 0.277 e. The normalized spacial score (nSPS) is 18.0. The number of hydrogen-bond acceptors (Lipinski definition) is 5. The Morgan fingerprint density at radius 3 is 2.96 bits per heavy atom. The van der Waals surface area contributed by atoms with E-state index in [4.69, 9.17) is 0 Å². The summed E-state index contributed by atoms with van der Waals surface area (Å²) in [5, 5.41) is 9.54. The second kappa shape index (κ2) is 6.84. The number of nitrogens with one attached hydrogen (secondary N) is 1. The number of carbonyl (C=O) groups is 1. The third-order valence-electron chi connectivity index (χ3n) is 4.67. The third kappa shape index (κ3) is 3.13. The Morgan fingerprint density at radius 2 is 2.25 bits per heavy atom. The maximum absolute atomic E-state index is 12.9. The zero-order valence-corrected chi connectivity index (χ0v) is 15.1. The monoisotopic (exact) mass is 346 g/mol. The van der Waals surface area contributed by atoms with Gasteiger partial charge in [0.1, 0.15) is 5.56 Å². The number of hydrogen-bond donors (Lipinski definition) is 1. The number of likely N-dealkylation sites (tertiary alicyclic amines) is 1. The van der Waals surface area contributed by atoms with Crippen LogP contribution in [0.2, 0.25) is 0 Å². The van der Waals surface area contributed by atoms with Gasteiger partial charge in [0.05, 0.1) is 16.4 Å². The lowest BCUT2D eigenvalue weighted by Crippen LogP contribution is -2.42. The number of piperidine rings is 1. The molecule has 0 bridgehead atoms. The predicted octanol–water partition coefficient (Wildman–Crippen LogP) is 2.43. The van der Waals surface area contributed by atoms with Gasteiger partial charge in [0, 0.05) is 24.4 Å². The van der Waals surface area contributed by atoms with Gasteiger partial charge >= 0.3 is 0 Å². The van der Waals surface area contributed by atoms with Gasteiger partial charge in [-0.1, -0.05) is 6.92 Å². The molecule has 7 heteroatoms. The van der Waals surface area contributed by atoms with Gasteiger partial charge in [-0.15, -0.1) is 11.3 Å². The van der Waals surface area contributed by atoms with Crippen LogP contribution in [0.4, 0.5) is 0 Å². The van der Waals surface area contributed by atoms with E-state index in [9.17, 15) is 9.59 Å². The average molecular weight is 346 g/mol. The molecule has 1 aliphatic rings. The van der Waals surface area contributed by atoms with Crippen LogP contribution < -0.4 is 5.56 Å². The van der Waals surface area contributed by atoms with Gasteiger partial charge in [-0.25, -0.2) is 10.1 Å². The number of rotatable bonds is 3. The van der Waals surface area contributed by atoms with Crippen LogP contribution in [-0.2, 0) is 6.42 Å². The molecule has 0 radical (unpaired) electrons. The molecule has 6 nitrogen and oxygen atoms in total. The number of amides is 1. The van der Waals surface area contributed by atoms with Crippen molar-refractivity contribution in [2.75, 3.05) is 13.1 Å². The summed E-state index contributed by atoms with van der Waals surface area (Å²) in [6, 6.07) is 0. The highest BCUT2D eigenvalue weighted by Crippen LogP contribution is 2.30. The summed E-state index contributed by atoms with van der Waals surface area (Å²) in [5.41, 5.74) is 2.26. The van der Waals surface area contributed by atoms with Crippen LogP contribution in [0.25, 0.3) is 0 Å². The fourth-order valence-electron chi connectivity index (χ4n) is 3.08. The van der Waals surface area contributed by atoms with Crippen molar-refractivity contribution in [2.45, 2.75) is 46.0 Å². The molecular formula is C17H22N4O2S. The Morgan fingerprint density at radius 1 is 1.46 bits per heavy atom. The van der Waals surface area contributed by atoms with Gasteiger partial charge in [-0.05, 0) is 38.7 Å². The highest BCUT2D eigenvalue weighted by atomic mass is 32.1. The predicted molar refractivity (Wildman–Crippen MR) is 93.7 cm³/mol. The lowest BCUT2D eigenvalue weighted by Gasteiger charge is -2.32. The van der Waals surface area contributed by atoms with Crippen molar-refractivity contribution < 1.29 is 4.79 Å². The van der Waals surface area contributed by atoms with Gasteiger partial charge in [-0.3, -0.25) is 9.59 Å². The minimum absolute atomic E-state index is 0.198. The Balaban J connectivity index is 1.83. The molecule has 0 saturated carbocycles. The highest BCUT2D eigenvalue weighted by molar-refractivity contribution is 7.09. The van der Waals surface area contributed by atoms with Gasteiger partial charge in [-0.2, -0.15) is 5.10 Å². The molecule has 1 atom stereocenters. The van der Waals surface area contributed by atoms with E-state index < -0.39 is 5.56 Å². The second-order valence-corrected chi connectivity index (χ2v) is 7.15. The van der Waals surface area contributed by atoms with Crippen molar-refractivity contribution >= 4 is 17.2 Å². The lowest BCUT2D eigenvalue weighted by atomic mass is 9.97. The first-order valence-electron chi connectivity index (χ1n) is 8.30. The zero-order valence-electron chi connectivity index (χ0n) is 14.3. The first-order valence-corrected chi connectivity index (χ1v) is 9.18. The molecule has 0 aliphatic carbocycles. The minimum atomic E-state index is -0.409. The van der Waals surface area contributed by atoms with Crippen LogP contribution in [0.3, 0.4) is 0 Å². The summed E-state index contributed by atoms with van der Waals surface area (Å²) < 4.78 is 0. The molecule has 3 heterocycles. The van der Waals surface area contributed by atoms with Crippen LogP contribution >= 0.6 is 11.3 Å². The molecule has 2 aromatic heterocycles. The third-order valence-corrected chi connectivity index (χ3v) is 5.73. The van der Waals surface area contributed by atoms with Crippen molar-refractivity contribution in [3.63, 3.8) is 0 Å². The molecule has 0 spiro atoms. The van der Waals surface area contributed by atoms with Crippen molar-refractivity contribution in [2.24, 2.45) is 0 Å². The summed E-state index contributed by atoms with van der Waals surface area (Å²) in [6.07, 6.45) is 2.89. The Hall–Kier alpha value is -2.02. The molecule has 0 aromatic carbocycles. The molecule has 2 aromatic rings. The van der Waals surface area contributed by atoms with Gasteiger partial charge in [0.15, 0.2) is 0 Å². The van der Waals surface area contributed by atoms with Crippen molar-refractivity contribution in [3.8, 4) is 0 Å². The molecule has 1 aliphatic heterocycles. The van der Waals surface area contributed by atoms with Crippen molar-refractivity contribution in [3.05, 3.63) is 43.3 Å². The topological polar surface area (TPSA) is 79.0 Å². The fourth-order valence-corrected chi connectivity index (χ4v) is 4.11. The molecule has 1 fully saturated rings. The maximum Gasteiger partial charge on any atom is 0.277 e. The molecule has 128 valence electrons. The van der Waals surface area contributed by atoms with Gasteiger partial charge < -0.3 is 4.90 Å². The highest BCUT2D eigenvalue weighted by Gasteiger charge is 2.29. The minimum Gasteiger partial charge on any atom is -0.338 e. The molecule has 1 N–H and O–H groups in total. The largest absolute Gasteiger partial charge is 0.338 e. The summed E-state index contributed by atoms with van der Waals surface area (Å²) >= 11 is 1.67. The lowest BCUT2D eigenvalue weighted by molar-refractivity contribution is 0.0704. The van der Waals surface area contributed by atoms with E-state index in [0.717, 1.165) is 30.0 Å². The summed E-state index contributed by atoms with van der Waals surface area (Å²) in [4.78, 5) is 31.4. The van der Waals surface area contributed by atoms with Crippen molar-refractivity contribution in [1.82, 2.24) is 20.1 Å². The number of aromatic nitrogens is 3. The van der Waals surface area contributed by atoms with E-state index in [1.807, 2.05) is 0 Å². The fraction of sp³-hybridized carbons (Fsp3) is 0.529. The Bertz CT molecular complexity index is 811. The van der Waals surface area contributed by atoms with E-state index in [0.29, 0.717) is 24.3 Å². The SMILES string of the molecule is CCc1csc(C2CCCN(C(=O)c3c(C)c(C)n[nH]c3=O)C2)n1. The van der Waals surface area contributed by atoms with Crippen molar-refractivity contribution in [1.29, 1.82) is 0 Å². The van der Waals surface area contributed by atoms with Crippen LogP contribution in [0.1, 0.15) is 58.0 Å². The van der Waals surface area contributed by atoms with E-state index in [1.54, 1.807) is 30.1 Å². The molecule has 1 unspecified atom stereocenters. The maximum atomic E-state index is 12.9. The van der Waals surface area contributed by atoms with Crippen LogP contribution in [0.15, 0.2) is 10.2 Å². The molecule has 1 amide bonds. The number of aryl methyl sites for hydroxylation is 2. The molecule has 3 rings (SSSR count). The van der Waals surface area contributed by atoms with E-state index in [2.05, 4.69) is 27.5 Å². The van der Waals surface area contributed by atoms with Gasteiger partial charge in [0.25, 0.3) is 11.5 Å². The van der Waals surface area contributed by atoms with Crippen LogP contribution in [-0.4, -0.2) is 39.1 Å². The summed E-state index contributed by atoms with van der Waals surface area (Å²) in [5.74, 6) is 0.0616. The standard InChI is InChI=1S/C17H22N4O2S/c1-4-13-9-24-16(18-13)12-6-5-7-21(8-12)17(23)14-10(2)11(3)19-20-15(14)22/h9,12H,4-8H2,1-3H3,(H,20,22). The first-order chi connectivity index (χ1) is 11.5. The molecular weight excluding hydrogens is 324 g/mol. The molecule has 1 saturated heterocycles. The number of nitrogens with zero attached hydrogens (tertiary/aromatic N) is 3. The second-order valence-electron chi connectivity index (χ2n) is 6.26. The zero-order chi connectivity index (χ0) is 17.3. The first kappa shape index (κ1) is 16.8. The van der Waals surface area contributed by atoms with E-state index in [-0.39, 0.29) is 17.4 Å². The van der Waals surface area contributed by atoms with E-state index >= 15 is 0 Å². The Kier molecular flexibility index (Phi) is 4.80. The average Bonchev–Trinajstić information content (AvgIpc) is 3.08. The summed E-state index contributed by atoms with van der Waals surface area (Å²) in [7, 11) is 0. The number of thiazole rings is 1. The Labute approximate surface area is 144 Å². The van der Waals surface area contributed by atoms with Crippen LogP contribution in [0.5, 0.6) is 0 Å². The van der Waals surface area contributed by atoms with Crippen LogP contribution in [0, 0.1) is 13.8 Å². The quantitative estimate of drug-likeness (QED) is 0.926. The number of carbonyl (C=O) groups excluding carboxylic acids is 1. The van der Waals surface area contributed by atoms with Gasteiger partial charge in [0.2, 0.25) is 0 Å². The van der Waals surface area contributed by atoms with E-state index in [1.165, 1.54) is 0 Å². The number of H-pyrrole nitrogens is 1. The number of aromatic amines is 1. The summed E-state index contributed by atoms with van der Waals surface area (Å²) in [6.45, 7) is 6.97. The molecule has 24 heavy (non-hydrogen) atoms.